The van der Waals surface area contributed by atoms with Crippen molar-refractivity contribution in [3.63, 3.8) is 0 Å². The van der Waals surface area contributed by atoms with Crippen LogP contribution in [-0.4, -0.2) is 59.5 Å². The second kappa shape index (κ2) is 10.3. The molecule has 0 unspecified atom stereocenters. The standard InChI is InChI=1S/C6H13NO3.CH4O/c1-2-7(3-4-8)5-6(9)10;1-2/h8H,2-5H2,1H3,(H,9,10);2H,1H3. The van der Waals surface area contributed by atoms with Gasteiger partial charge < -0.3 is 15.3 Å². The van der Waals surface area contributed by atoms with Crippen molar-refractivity contribution in [3.05, 3.63) is 0 Å². The monoisotopic (exact) mass is 179 g/mol. The number of nitrogens with zero attached hydrogens (tertiary/aromatic N) is 1. The molecular formula is C7H17NO4. The molecule has 0 aromatic heterocycles. The molecule has 12 heavy (non-hydrogen) atoms. The minimum absolute atomic E-state index is 0.0110. The van der Waals surface area contributed by atoms with Crippen LogP contribution in [0.1, 0.15) is 6.92 Å². The number of carboxylic acids is 1. The van der Waals surface area contributed by atoms with Crippen LogP contribution >= 0.6 is 0 Å². The van der Waals surface area contributed by atoms with Gasteiger partial charge in [0, 0.05) is 13.7 Å². The first-order valence-electron chi connectivity index (χ1n) is 3.70. The van der Waals surface area contributed by atoms with Crippen LogP contribution in [0.25, 0.3) is 0 Å². The Labute approximate surface area is 72.2 Å². The van der Waals surface area contributed by atoms with Crippen molar-refractivity contribution in [2.24, 2.45) is 0 Å². The lowest BCUT2D eigenvalue weighted by molar-refractivity contribution is -0.138. The Hall–Kier alpha value is -0.650. The van der Waals surface area contributed by atoms with Gasteiger partial charge in [0.05, 0.1) is 13.2 Å². The second-order valence-corrected chi connectivity index (χ2v) is 1.99. The van der Waals surface area contributed by atoms with Crippen molar-refractivity contribution >= 4 is 5.97 Å². The highest BCUT2D eigenvalue weighted by atomic mass is 16.4. The van der Waals surface area contributed by atoms with Crippen molar-refractivity contribution in [1.82, 2.24) is 4.90 Å². The van der Waals surface area contributed by atoms with Gasteiger partial charge in [0.25, 0.3) is 0 Å². The average molecular weight is 179 g/mol. The molecule has 0 aromatic rings. The lowest BCUT2D eigenvalue weighted by Crippen LogP contribution is -2.31. The van der Waals surface area contributed by atoms with Gasteiger partial charge in [-0.15, -0.1) is 0 Å². The largest absolute Gasteiger partial charge is 0.480 e. The predicted molar refractivity (Wildman–Crippen MR) is 45.0 cm³/mol. The zero-order valence-corrected chi connectivity index (χ0v) is 7.53. The zero-order valence-electron chi connectivity index (χ0n) is 7.53. The molecule has 0 aliphatic carbocycles. The summed E-state index contributed by atoms with van der Waals surface area (Å²) in [6.07, 6.45) is 0. The van der Waals surface area contributed by atoms with Crippen molar-refractivity contribution in [2.45, 2.75) is 6.92 Å². The van der Waals surface area contributed by atoms with Gasteiger partial charge in [0.2, 0.25) is 0 Å². The lowest BCUT2D eigenvalue weighted by Gasteiger charge is -2.15. The lowest BCUT2D eigenvalue weighted by atomic mass is 10.5. The Morgan fingerprint density at radius 2 is 1.92 bits per heavy atom. The van der Waals surface area contributed by atoms with E-state index in [1.165, 1.54) is 0 Å². The van der Waals surface area contributed by atoms with Gasteiger partial charge in [-0.2, -0.15) is 0 Å². The molecule has 74 valence electrons. The maximum Gasteiger partial charge on any atom is 0.317 e. The summed E-state index contributed by atoms with van der Waals surface area (Å²) in [6, 6.07) is 0. The fraction of sp³-hybridized carbons (Fsp3) is 0.857. The minimum atomic E-state index is -0.852. The summed E-state index contributed by atoms with van der Waals surface area (Å²) in [6.45, 7) is 2.98. The molecule has 0 fully saturated rings. The highest BCUT2D eigenvalue weighted by Gasteiger charge is 2.04. The van der Waals surface area contributed by atoms with Crippen molar-refractivity contribution in [1.29, 1.82) is 0 Å². The molecule has 0 atom stereocenters. The van der Waals surface area contributed by atoms with Crippen molar-refractivity contribution < 1.29 is 20.1 Å². The van der Waals surface area contributed by atoms with Gasteiger partial charge in [0.1, 0.15) is 0 Å². The summed E-state index contributed by atoms with van der Waals surface area (Å²) < 4.78 is 0. The molecule has 0 saturated carbocycles. The molecular weight excluding hydrogens is 162 g/mol. The van der Waals surface area contributed by atoms with Gasteiger partial charge in [-0.3, -0.25) is 9.69 Å². The van der Waals surface area contributed by atoms with E-state index in [-0.39, 0.29) is 13.2 Å². The van der Waals surface area contributed by atoms with Crippen LogP contribution in [0.3, 0.4) is 0 Å². The predicted octanol–water partition coefficient (Wildman–Crippen LogP) is -1.01. The Balaban J connectivity index is 0. The third-order valence-corrected chi connectivity index (χ3v) is 1.22. The number of aliphatic hydroxyl groups is 2. The average Bonchev–Trinajstić information content (AvgIpc) is 2.07. The summed E-state index contributed by atoms with van der Waals surface area (Å²) in [5.74, 6) is -0.852. The summed E-state index contributed by atoms with van der Waals surface area (Å²) in [5, 5.41) is 23.8. The molecule has 0 spiro atoms. The van der Waals surface area contributed by atoms with E-state index in [1.807, 2.05) is 6.92 Å². The van der Waals surface area contributed by atoms with Gasteiger partial charge >= 0.3 is 5.97 Å². The van der Waals surface area contributed by atoms with E-state index >= 15 is 0 Å². The topological polar surface area (TPSA) is 81.0 Å². The van der Waals surface area contributed by atoms with Crippen molar-refractivity contribution in [3.8, 4) is 0 Å². The van der Waals surface area contributed by atoms with Crippen LogP contribution in [0.5, 0.6) is 0 Å². The van der Waals surface area contributed by atoms with E-state index in [0.717, 1.165) is 7.11 Å². The zero-order chi connectivity index (χ0) is 9.98. The Morgan fingerprint density at radius 1 is 1.42 bits per heavy atom. The number of carbonyl (C=O) groups is 1. The Morgan fingerprint density at radius 3 is 2.17 bits per heavy atom. The third kappa shape index (κ3) is 9.35. The Bertz CT molecular complexity index is 108. The van der Waals surface area contributed by atoms with E-state index < -0.39 is 5.97 Å². The van der Waals surface area contributed by atoms with Crippen LogP contribution in [0, 0.1) is 0 Å². The number of rotatable bonds is 5. The summed E-state index contributed by atoms with van der Waals surface area (Å²) >= 11 is 0. The van der Waals surface area contributed by atoms with E-state index in [1.54, 1.807) is 4.90 Å². The van der Waals surface area contributed by atoms with Crippen LogP contribution in [0.2, 0.25) is 0 Å². The molecule has 0 aliphatic heterocycles. The summed E-state index contributed by atoms with van der Waals surface area (Å²) in [5.41, 5.74) is 0. The number of aliphatic hydroxyl groups excluding tert-OH is 2. The molecule has 0 rings (SSSR count). The van der Waals surface area contributed by atoms with E-state index in [4.69, 9.17) is 15.3 Å². The number of aliphatic carboxylic acids is 1. The summed E-state index contributed by atoms with van der Waals surface area (Å²) in [4.78, 5) is 11.8. The maximum atomic E-state index is 10.1. The summed E-state index contributed by atoms with van der Waals surface area (Å²) in [7, 11) is 1.00. The van der Waals surface area contributed by atoms with Crippen LogP contribution in [-0.2, 0) is 4.79 Å². The fourth-order valence-electron chi connectivity index (χ4n) is 0.682. The SMILES string of the molecule is CCN(CCO)CC(=O)O.CO. The van der Waals surface area contributed by atoms with E-state index in [0.29, 0.717) is 13.1 Å². The fourth-order valence-corrected chi connectivity index (χ4v) is 0.682. The number of hydrogen-bond donors (Lipinski definition) is 3. The van der Waals surface area contributed by atoms with E-state index in [9.17, 15) is 4.79 Å². The minimum Gasteiger partial charge on any atom is -0.480 e. The van der Waals surface area contributed by atoms with Gasteiger partial charge in [0.15, 0.2) is 0 Å². The quantitative estimate of drug-likeness (QED) is 0.504. The van der Waals surface area contributed by atoms with Gasteiger partial charge in [-0.1, -0.05) is 6.92 Å². The smallest absolute Gasteiger partial charge is 0.317 e. The first-order chi connectivity index (χ1) is 5.70. The maximum absolute atomic E-state index is 10.1. The third-order valence-electron chi connectivity index (χ3n) is 1.22. The van der Waals surface area contributed by atoms with Crippen LogP contribution in [0.15, 0.2) is 0 Å². The molecule has 0 bridgehead atoms. The Kier molecular flexibility index (Phi) is 12.0. The highest BCUT2D eigenvalue weighted by molar-refractivity contribution is 5.69. The molecule has 0 radical (unpaired) electrons. The molecule has 5 heteroatoms. The van der Waals surface area contributed by atoms with E-state index in [2.05, 4.69) is 0 Å². The molecule has 0 aromatic carbocycles. The number of likely N-dealkylation sites (N-methyl/N-ethyl adjacent to an activating group) is 1. The van der Waals surface area contributed by atoms with Crippen molar-refractivity contribution in [2.75, 3.05) is 33.4 Å². The van der Waals surface area contributed by atoms with Crippen LogP contribution < -0.4 is 0 Å². The number of hydrogen-bond acceptors (Lipinski definition) is 4. The highest BCUT2D eigenvalue weighted by Crippen LogP contribution is 1.84. The molecule has 5 nitrogen and oxygen atoms in total. The normalized spacial score (nSPS) is 9.08. The number of carboxylic acid groups (broad SMARTS) is 1. The second-order valence-electron chi connectivity index (χ2n) is 1.99. The molecule has 3 N–H and O–H groups in total. The van der Waals surface area contributed by atoms with Gasteiger partial charge in [-0.25, -0.2) is 0 Å². The van der Waals surface area contributed by atoms with Gasteiger partial charge in [-0.05, 0) is 6.54 Å². The molecule has 0 heterocycles. The van der Waals surface area contributed by atoms with Crippen LogP contribution in [0.4, 0.5) is 0 Å². The molecule has 0 aliphatic rings. The molecule has 0 amide bonds. The first-order valence-corrected chi connectivity index (χ1v) is 3.70. The molecule has 0 saturated heterocycles. The first kappa shape index (κ1) is 13.9.